The van der Waals surface area contributed by atoms with Gasteiger partial charge in [-0.25, -0.2) is 0 Å². The molecule has 0 saturated heterocycles. The molecule has 0 unspecified atom stereocenters. The van der Waals surface area contributed by atoms with Crippen LogP contribution >= 0.6 is 0 Å². The van der Waals surface area contributed by atoms with Crippen molar-refractivity contribution in [3.63, 3.8) is 0 Å². The molecule has 1 aromatic rings. The lowest BCUT2D eigenvalue weighted by molar-refractivity contribution is -0.126. The molecule has 0 radical (unpaired) electrons. The number of amides is 1. The highest BCUT2D eigenvalue weighted by molar-refractivity contribution is 6.01. The lowest BCUT2D eigenvalue weighted by Gasteiger charge is -2.17. The fraction of sp³-hybridized carbons (Fsp3) is 0.375. The van der Waals surface area contributed by atoms with Crippen molar-refractivity contribution in [3.8, 4) is 17.6 Å². The second-order valence-corrected chi connectivity index (χ2v) is 4.26. The summed E-state index contributed by atoms with van der Waals surface area (Å²) in [5.41, 5.74) is 0.815. The smallest absolute Gasteiger partial charge is 0.264 e. The summed E-state index contributed by atoms with van der Waals surface area (Å²) in [7, 11) is 3.09. The molecule has 0 fully saturated rings. The van der Waals surface area contributed by atoms with Gasteiger partial charge in [-0.3, -0.25) is 4.79 Å². The van der Waals surface area contributed by atoms with Gasteiger partial charge < -0.3 is 14.4 Å². The van der Waals surface area contributed by atoms with Crippen LogP contribution in [-0.2, 0) is 4.79 Å². The molecule has 21 heavy (non-hydrogen) atoms. The molecule has 5 heteroatoms. The molecule has 0 heterocycles. The van der Waals surface area contributed by atoms with Gasteiger partial charge in [-0.2, -0.15) is 5.26 Å². The molecule has 1 aromatic carbocycles. The SMILES string of the molecule is CCN(CC)C(=O)/C(C#N)=C\c1ccc(OC)c(OC)c1. The number of benzene rings is 1. The van der Waals surface area contributed by atoms with E-state index in [9.17, 15) is 10.1 Å². The first-order valence-corrected chi connectivity index (χ1v) is 6.74. The van der Waals surface area contributed by atoms with Gasteiger partial charge in [0, 0.05) is 13.1 Å². The third kappa shape index (κ3) is 3.99. The van der Waals surface area contributed by atoms with Crippen LogP contribution in [0.15, 0.2) is 23.8 Å². The van der Waals surface area contributed by atoms with Gasteiger partial charge in [0.1, 0.15) is 11.6 Å². The Balaban J connectivity index is 3.14. The summed E-state index contributed by atoms with van der Waals surface area (Å²) in [5.74, 6) is 0.888. The van der Waals surface area contributed by atoms with Gasteiger partial charge in [-0.15, -0.1) is 0 Å². The molecular weight excluding hydrogens is 268 g/mol. The van der Waals surface area contributed by atoms with Crippen LogP contribution in [0.4, 0.5) is 0 Å². The van der Waals surface area contributed by atoms with Crippen molar-refractivity contribution in [1.82, 2.24) is 4.90 Å². The number of nitrogens with zero attached hydrogens (tertiary/aromatic N) is 2. The summed E-state index contributed by atoms with van der Waals surface area (Å²) in [6.45, 7) is 4.90. The van der Waals surface area contributed by atoms with Crippen LogP contribution in [-0.4, -0.2) is 38.1 Å². The van der Waals surface area contributed by atoms with Crippen LogP contribution in [0.3, 0.4) is 0 Å². The Labute approximate surface area is 125 Å². The molecule has 0 spiro atoms. The number of ether oxygens (including phenoxy) is 2. The molecule has 0 saturated carbocycles. The van der Waals surface area contributed by atoms with Gasteiger partial charge in [0.2, 0.25) is 0 Å². The first-order valence-electron chi connectivity index (χ1n) is 6.74. The largest absolute Gasteiger partial charge is 0.493 e. The third-order valence-corrected chi connectivity index (χ3v) is 3.12. The van der Waals surface area contributed by atoms with Crippen LogP contribution in [0, 0.1) is 11.3 Å². The number of carbonyl (C=O) groups excluding carboxylic acids is 1. The van der Waals surface area contributed by atoms with E-state index in [0.29, 0.717) is 30.2 Å². The first kappa shape index (κ1) is 16.6. The fourth-order valence-corrected chi connectivity index (χ4v) is 1.93. The van der Waals surface area contributed by atoms with Crippen LogP contribution in [0.2, 0.25) is 0 Å². The van der Waals surface area contributed by atoms with E-state index in [0.717, 1.165) is 0 Å². The average molecular weight is 288 g/mol. The monoisotopic (exact) mass is 288 g/mol. The lowest BCUT2D eigenvalue weighted by Crippen LogP contribution is -2.31. The number of rotatable bonds is 6. The molecule has 0 N–H and O–H groups in total. The average Bonchev–Trinajstić information content (AvgIpc) is 2.53. The topological polar surface area (TPSA) is 62.6 Å². The summed E-state index contributed by atoms with van der Waals surface area (Å²) < 4.78 is 10.4. The highest BCUT2D eigenvalue weighted by Crippen LogP contribution is 2.28. The standard InChI is InChI=1S/C16H20N2O3/c1-5-18(6-2)16(19)13(11-17)9-12-7-8-14(20-3)15(10-12)21-4/h7-10H,5-6H2,1-4H3/b13-9-. The molecule has 0 atom stereocenters. The number of hydrogen-bond donors (Lipinski definition) is 0. The first-order chi connectivity index (χ1) is 10.1. The highest BCUT2D eigenvalue weighted by Gasteiger charge is 2.15. The predicted molar refractivity (Wildman–Crippen MR) is 81.1 cm³/mol. The molecule has 0 bridgehead atoms. The Morgan fingerprint density at radius 2 is 1.86 bits per heavy atom. The maximum atomic E-state index is 12.2. The molecule has 0 aliphatic heterocycles. The fourth-order valence-electron chi connectivity index (χ4n) is 1.93. The van der Waals surface area contributed by atoms with Crippen LogP contribution in [0.1, 0.15) is 19.4 Å². The van der Waals surface area contributed by atoms with E-state index >= 15 is 0 Å². The second-order valence-electron chi connectivity index (χ2n) is 4.26. The number of nitriles is 1. The Kier molecular flexibility index (Phi) is 6.28. The van der Waals surface area contributed by atoms with Crippen LogP contribution in [0.5, 0.6) is 11.5 Å². The van der Waals surface area contributed by atoms with E-state index in [4.69, 9.17) is 9.47 Å². The molecule has 0 aliphatic carbocycles. The van der Waals surface area contributed by atoms with Crippen molar-refractivity contribution >= 4 is 12.0 Å². The van der Waals surface area contributed by atoms with Crippen molar-refractivity contribution in [1.29, 1.82) is 5.26 Å². The van der Waals surface area contributed by atoms with Gasteiger partial charge >= 0.3 is 0 Å². The summed E-state index contributed by atoms with van der Waals surface area (Å²) in [4.78, 5) is 13.8. The minimum Gasteiger partial charge on any atom is -0.493 e. The second kappa shape index (κ2) is 7.95. The number of methoxy groups -OCH3 is 2. The Morgan fingerprint density at radius 1 is 1.24 bits per heavy atom. The molecule has 0 aromatic heterocycles. The molecule has 1 amide bonds. The molecule has 5 nitrogen and oxygen atoms in total. The summed E-state index contributed by atoms with van der Waals surface area (Å²) >= 11 is 0. The summed E-state index contributed by atoms with van der Waals surface area (Å²) in [6.07, 6.45) is 1.56. The van der Waals surface area contributed by atoms with E-state index in [1.807, 2.05) is 19.9 Å². The Hall–Kier alpha value is -2.48. The molecule has 0 aliphatic rings. The minimum atomic E-state index is -0.266. The van der Waals surface area contributed by atoms with E-state index in [2.05, 4.69) is 0 Å². The number of carbonyl (C=O) groups is 1. The number of likely N-dealkylation sites (N-methyl/N-ethyl adjacent to an activating group) is 1. The van der Waals surface area contributed by atoms with Gasteiger partial charge in [-0.1, -0.05) is 6.07 Å². The van der Waals surface area contributed by atoms with Gasteiger partial charge in [-0.05, 0) is 37.6 Å². The maximum Gasteiger partial charge on any atom is 0.264 e. The Morgan fingerprint density at radius 3 is 2.33 bits per heavy atom. The van der Waals surface area contributed by atoms with Crippen molar-refractivity contribution < 1.29 is 14.3 Å². The normalized spacial score (nSPS) is 10.7. The number of hydrogen-bond acceptors (Lipinski definition) is 4. The summed E-state index contributed by atoms with van der Waals surface area (Å²) in [5, 5.41) is 9.20. The van der Waals surface area contributed by atoms with Crippen LogP contribution < -0.4 is 9.47 Å². The quantitative estimate of drug-likeness (QED) is 0.596. The van der Waals surface area contributed by atoms with Gasteiger partial charge in [0.25, 0.3) is 5.91 Å². The van der Waals surface area contributed by atoms with E-state index in [1.165, 1.54) is 7.11 Å². The van der Waals surface area contributed by atoms with Crippen molar-refractivity contribution in [2.24, 2.45) is 0 Å². The zero-order valence-electron chi connectivity index (χ0n) is 12.8. The highest BCUT2D eigenvalue weighted by atomic mass is 16.5. The minimum absolute atomic E-state index is 0.103. The molecular formula is C16H20N2O3. The van der Waals surface area contributed by atoms with E-state index in [1.54, 1.807) is 36.3 Å². The predicted octanol–water partition coefficient (Wildman–Crippen LogP) is 2.48. The van der Waals surface area contributed by atoms with Crippen molar-refractivity contribution in [2.45, 2.75) is 13.8 Å². The molecule has 112 valence electrons. The van der Waals surface area contributed by atoms with Crippen molar-refractivity contribution in [3.05, 3.63) is 29.3 Å². The summed E-state index contributed by atoms with van der Waals surface area (Å²) in [6, 6.07) is 7.20. The zero-order chi connectivity index (χ0) is 15.8. The zero-order valence-corrected chi connectivity index (χ0v) is 12.8. The van der Waals surface area contributed by atoms with E-state index < -0.39 is 0 Å². The van der Waals surface area contributed by atoms with Gasteiger partial charge in [0.15, 0.2) is 11.5 Å². The van der Waals surface area contributed by atoms with E-state index in [-0.39, 0.29) is 11.5 Å². The van der Waals surface area contributed by atoms with Gasteiger partial charge in [0.05, 0.1) is 14.2 Å². The third-order valence-electron chi connectivity index (χ3n) is 3.12. The van der Waals surface area contributed by atoms with Crippen molar-refractivity contribution in [2.75, 3.05) is 27.3 Å². The lowest BCUT2D eigenvalue weighted by atomic mass is 10.1. The molecule has 1 rings (SSSR count). The Bertz CT molecular complexity index is 569. The van der Waals surface area contributed by atoms with Crippen LogP contribution in [0.25, 0.3) is 6.08 Å². The maximum absolute atomic E-state index is 12.2.